The molecule has 2 aliphatic carbocycles. The molecular weight excluding hydrogens is 908 g/mol. The topological polar surface area (TPSA) is 0 Å². The Labute approximate surface area is 391 Å². The van der Waals surface area contributed by atoms with Crippen LogP contribution in [0.4, 0.5) is 0 Å². The summed E-state index contributed by atoms with van der Waals surface area (Å²) in [6, 6.07) is 10.4. The SMILES string of the molecule is CCCCCCC1(CCCCCC)c2cc(C)sc2-c2s[c]([Sn]([CH2]CCC)([CH2]CCC)[CH2]CCC)cc21.CCCCCCC1(CCCCCC)c2ccsc2-c2sccc21. The molecular formula is C55H88S4Sn. The number of thiophene rings is 4. The number of fused-ring (bicyclic) bond motifs is 6. The number of unbranched alkanes of at least 4 members (excludes halogenated alkanes) is 15. The average Bonchev–Trinajstić information content (AvgIpc) is 4.12. The Morgan fingerprint density at radius 3 is 1.17 bits per heavy atom. The first kappa shape index (κ1) is 50.6. The number of rotatable bonds is 30. The normalized spacial score (nSPS) is 14.5. The van der Waals surface area contributed by atoms with Gasteiger partial charge in [0.15, 0.2) is 0 Å². The molecule has 4 aromatic rings. The molecule has 5 heteroatoms. The molecule has 0 saturated heterocycles. The van der Waals surface area contributed by atoms with Crippen molar-refractivity contribution in [1.29, 1.82) is 0 Å². The molecule has 0 aromatic carbocycles. The summed E-state index contributed by atoms with van der Waals surface area (Å²) < 4.78 is 6.76. The van der Waals surface area contributed by atoms with Gasteiger partial charge in [0.2, 0.25) is 0 Å². The van der Waals surface area contributed by atoms with Crippen LogP contribution in [0, 0.1) is 6.92 Å². The summed E-state index contributed by atoms with van der Waals surface area (Å²) in [5, 5.41) is 4.64. The van der Waals surface area contributed by atoms with E-state index in [-0.39, 0.29) is 0 Å². The summed E-state index contributed by atoms with van der Waals surface area (Å²) in [6.45, 7) is 19.0. The predicted octanol–water partition coefficient (Wildman–Crippen LogP) is 20.4. The zero-order valence-corrected chi connectivity index (χ0v) is 46.2. The first-order chi connectivity index (χ1) is 29.3. The second-order valence-corrected chi connectivity index (χ2v) is 37.6. The monoisotopic (exact) mass is 996 g/mol. The molecule has 0 N–H and O–H groups in total. The van der Waals surface area contributed by atoms with Crippen LogP contribution in [0.15, 0.2) is 35.0 Å². The van der Waals surface area contributed by atoms with Gasteiger partial charge >= 0.3 is 245 Å². The summed E-state index contributed by atoms with van der Waals surface area (Å²) >= 11 is 5.94. The first-order valence-electron chi connectivity index (χ1n) is 25.8. The molecule has 0 aliphatic heterocycles. The van der Waals surface area contributed by atoms with E-state index in [2.05, 4.69) is 113 Å². The van der Waals surface area contributed by atoms with Gasteiger partial charge < -0.3 is 0 Å². The summed E-state index contributed by atoms with van der Waals surface area (Å²) in [5.41, 5.74) is 7.53. The van der Waals surface area contributed by atoms with Crippen LogP contribution in [-0.4, -0.2) is 18.4 Å². The van der Waals surface area contributed by atoms with Crippen molar-refractivity contribution in [2.75, 3.05) is 0 Å². The fourth-order valence-corrected chi connectivity index (χ4v) is 35.1. The van der Waals surface area contributed by atoms with Crippen molar-refractivity contribution in [3.8, 4) is 19.5 Å². The first-order valence-corrected chi connectivity index (χ1v) is 36.6. The Hall–Kier alpha value is -0.401. The molecule has 0 saturated carbocycles. The standard InChI is InChI=1S/C22H31S2.C21H30S2.3C4H9.Sn/c1-4-6-8-10-13-22(14-11-9-7-5-2)18-12-15-23-20(18)21-19(22)16-17(3)24-21;1-3-5-7-9-13-21(14-10-8-6-4-2)17-11-15-22-19(17)20-18(21)12-16-23-20;3*1-3-4-2;/h12,16H,4-11,13-14H2,1-3H3;11-12,15-16H,3-10,13-14H2,1-2H3;3*1,3-4H2,2H3;. The van der Waals surface area contributed by atoms with Crippen LogP contribution in [0.1, 0.15) is 243 Å². The van der Waals surface area contributed by atoms with Gasteiger partial charge in [-0.15, -0.1) is 22.7 Å². The number of hydrogen-bond donors (Lipinski definition) is 0. The van der Waals surface area contributed by atoms with Crippen LogP contribution in [0.2, 0.25) is 13.3 Å². The zero-order valence-electron chi connectivity index (χ0n) is 40.1. The largest absolute Gasteiger partial charge is 0.143 e. The van der Waals surface area contributed by atoms with Crippen LogP contribution < -0.4 is 2.89 Å². The molecule has 0 spiro atoms. The number of aryl methyl sites for hydroxylation is 1. The molecule has 0 amide bonds. The summed E-state index contributed by atoms with van der Waals surface area (Å²) in [6.07, 6.45) is 36.1. The molecule has 60 heavy (non-hydrogen) atoms. The van der Waals surface area contributed by atoms with Gasteiger partial charge in [0, 0.05) is 15.2 Å². The maximum atomic E-state index is 2.90. The third-order valence-electron chi connectivity index (χ3n) is 14.8. The molecule has 2 aliphatic rings. The van der Waals surface area contributed by atoms with E-state index in [9.17, 15) is 0 Å². The summed E-state index contributed by atoms with van der Waals surface area (Å²) in [4.78, 5) is 8.13. The van der Waals surface area contributed by atoms with Crippen LogP contribution in [0.3, 0.4) is 0 Å². The van der Waals surface area contributed by atoms with E-state index in [1.165, 1.54) is 172 Å². The van der Waals surface area contributed by atoms with Gasteiger partial charge in [0.25, 0.3) is 0 Å². The van der Waals surface area contributed by atoms with Crippen LogP contribution in [0.25, 0.3) is 19.5 Å². The number of hydrogen-bond acceptors (Lipinski definition) is 4. The molecule has 4 aromatic heterocycles. The maximum Gasteiger partial charge on any atom is 0.0486 e. The maximum absolute atomic E-state index is 2.90. The van der Waals surface area contributed by atoms with Crippen molar-refractivity contribution in [2.45, 2.75) is 246 Å². The van der Waals surface area contributed by atoms with Gasteiger partial charge in [-0.2, -0.15) is 0 Å². The fourth-order valence-electron chi connectivity index (χ4n) is 11.3. The fraction of sp³-hybridized carbons (Fsp3) is 0.709. The Morgan fingerprint density at radius 1 is 0.400 bits per heavy atom. The van der Waals surface area contributed by atoms with Crippen molar-refractivity contribution in [3.05, 3.63) is 62.2 Å². The van der Waals surface area contributed by atoms with Crippen molar-refractivity contribution >= 4 is 66.6 Å². The zero-order chi connectivity index (χ0) is 42.9. The minimum Gasteiger partial charge on any atom is -0.143 e. The van der Waals surface area contributed by atoms with E-state index in [0.717, 1.165) is 0 Å². The van der Waals surface area contributed by atoms with E-state index >= 15 is 0 Å². The van der Waals surface area contributed by atoms with E-state index in [1.54, 1.807) is 49.5 Å². The molecule has 336 valence electrons. The molecule has 6 rings (SSSR count). The van der Waals surface area contributed by atoms with Gasteiger partial charge in [-0.25, -0.2) is 0 Å². The third-order valence-corrected chi connectivity index (χ3v) is 37.3. The molecule has 0 fully saturated rings. The van der Waals surface area contributed by atoms with E-state index in [4.69, 9.17) is 0 Å². The smallest absolute Gasteiger partial charge is 0.0486 e. The molecule has 0 nitrogen and oxygen atoms in total. The van der Waals surface area contributed by atoms with Crippen LogP contribution in [-0.2, 0) is 10.8 Å². The minimum absolute atomic E-state index is 0.309. The Bertz CT molecular complexity index is 1690. The van der Waals surface area contributed by atoms with Gasteiger partial charge in [0.05, 0.1) is 0 Å². The quantitative estimate of drug-likeness (QED) is 0.0361. The van der Waals surface area contributed by atoms with Crippen molar-refractivity contribution in [1.82, 2.24) is 0 Å². The van der Waals surface area contributed by atoms with Crippen molar-refractivity contribution in [2.24, 2.45) is 0 Å². The van der Waals surface area contributed by atoms with Gasteiger partial charge in [-0.05, 0) is 46.9 Å². The predicted molar refractivity (Wildman–Crippen MR) is 281 cm³/mol. The van der Waals surface area contributed by atoms with E-state index in [1.807, 2.05) is 31.1 Å². The molecule has 0 unspecified atom stereocenters. The van der Waals surface area contributed by atoms with Crippen molar-refractivity contribution in [3.63, 3.8) is 0 Å². The minimum atomic E-state index is -2.43. The summed E-state index contributed by atoms with van der Waals surface area (Å²) in [7, 11) is 0. The second kappa shape index (κ2) is 25.9. The van der Waals surface area contributed by atoms with Crippen LogP contribution >= 0.6 is 45.3 Å². The van der Waals surface area contributed by atoms with Crippen molar-refractivity contribution < 1.29 is 0 Å². The summed E-state index contributed by atoms with van der Waals surface area (Å²) in [5.74, 6) is 0. The molecule has 0 atom stereocenters. The van der Waals surface area contributed by atoms with Gasteiger partial charge in [-0.3, -0.25) is 0 Å². The molecule has 0 bridgehead atoms. The Balaban J connectivity index is 0.000000253. The Kier molecular flexibility index (Phi) is 21.9. The second-order valence-electron chi connectivity index (χ2n) is 19.3. The Morgan fingerprint density at radius 2 is 0.767 bits per heavy atom. The van der Waals surface area contributed by atoms with Crippen LogP contribution in [0.5, 0.6) is 0 Å². The van der Waals surface area contributed by atoms with Gasteiger partial charge in [-0.1, -0.05) is 65.2 Å². The van der Waals surface area contributed by atoms with E-state index < -0.39 is 18.4 Å². The van der Waals surface area contributed by atoms with E-state index in [0.29, 0.717) is 10.8 Å². The van der Waals surface area contributed by atoms with Gasteiger partial charge in [0.1, 0.15) is 0 Å². The third kappa shape index (κ3) is 11.9. The average molecular weight is 996 g/mol. The molecule has 0 radical (unpaired) electrons. The molecule has 4 heterocycles.